The van der Waals surface area contributed by atoms with E-state index in [9.17, 15) is 0 Å². The molecule has 1 atom stereocenters. The Hall–Kier alpha value is -3.33. The molecule has 27 heavy (non-hydrogen) atoms. The average Bonchev–Trinajstić information content (AvgIpc) is 3.48. The number of pyridine rings is 1. The summed E-state index contributed by atoms with van der Waals surface area (Å²) in [4.78, 5) is 11.0. The summed E-state index contributed by atoms with van der Waals surface area (Å²) in [5, 5.41) is 12.2. The van der Waals surface area contributed by atoms with Gasteiger partial charge in [0.2, 0.25) is 17.6 Å². The van der Waals surface area contributed by atoms with Crippen molar-refractivity contribution in [1.82, 2.24) is 30.2 Å². The molecule has 136 valence electrons. The lowest BCUT2D eigenvalue weighted by atomic mass is 10.2. The fourth-order valence-corrected chi connectivity index (χ4v) is 3.26. The second-order valence-electron chi connectivity index (χ2n) is 6.28. The van der Waals surface area contributed by atoms with Gasteiger partial charge in [-0.2, -0.15) is 4.98 Å². The van der Waals surface area contributed by atoms with E-state index in [2.05, 4.69) is 30.2 Å². The molecule has 1 fully saturated rings. The predicted molar refractivity (Wildman–Crippen MR) is 91.9 cm³/mol. The Bertz CT molecular complexity index is 1010. The Balaban J connectivity index is 1.33. The summed E-state index contributed by atoms with van der Waals surface area (Å²) < 4.78 is 16.5. The van der Waals surface area contributed by atoms with Crippen LogP contribution in [-0.4, -0.2) is 36.8 Å². The highest BCUT2D eigenvalue weighted by Gasteiger charge is 2.32. The van der Waals surface area contributed by atoms with Gasteiger partial charge in [0.1, 0.15) is 5.69 Å². The first kappa shape index (κ1) is 15.9. The molecular formula is C18H16N6O3. The molecule has 0 aromatic carbocycles. The van der Waals surface area contributed by atoms with E-state index >= 15 is 0 Å². The number of hydrogen-bond acceptors (Lipinski definition) is 9. The van der Waals surface area contributed by atoms with Crippen molar-refractivity contribution in [3.05, 3.63) is 54.6 Å². The average molecular weight is 364 g/mol. The molecule has 0 aliphatic carbocycles. The molecule has 1 saturated heterocycles. The Morgan fingerprint density at radius 1 is 1.15 bits per heavy atom. The van der Waals surface area contributed by atoms with Crippen LogP contribution in [0.2, 0.25) is 0 Å². The number of aromatic nitrogens is 5. The summed E-state index contributed by atoms with van der Waals surface area (Å²) in [6, 6.07) is 9.19. The number of furan rings is 1. The number of nitrogens with zero attached hydrogens (tertiary/aromatic N) is 6. The lowest BCUT2D eigenvalue weighted by Crippen LogP contribution is -2.23. The van der Waals surface area contributed by atoms with Gasteiger partial charge in [-0.25, -0.2) is 0 Å². The summed E-state index contributed by atoms with van der Waals surface area (Å²) in [6.07, 6.45) is 5.25. The maximum Gasteiger partial charge on any atom is 0.283 e. The van der Waals surface area contributed by atoms with E-state index in [-0.39, 0.29) is 6.04 Å². The molecule has 0 unspecified atom stereocenters. The van der Waals surface area contributed by atoms with Crippen LogP contribution in [-0.2, 0) is 6.54 Å². The van der Waals surface area contributed by atoms with Crippen LogP contribution in [0.4, 0.5) is 0 Å². The van der Waals surface area contributed by atoms with Crippen molar-refractivity contribution in [3.8, 4) is 23.2 Å². The summed E-state index contributed by atoms with van der Waals surface area (Å²) in [5.41, 5.74) is 0.692. The van der Waals surface area contributed by atoms with Crippen LogP contribution in [0.15, 0.2) is 56.1 Å². The highest BCUT2D eigenvalue weighted by Crippen LogP contribution is 2.33. The monoisotopic (exact) mass is 364 g/mol. The van der Waals surface area contributed by atoms with Crippen LogP contribution in [0.1, 0.15) is 30.7 Å². The van der Waals surface area contributed by atoms with Gasteiger partial charge in [0.25, 0.3) is 5.89 Å². The van der Waals surface area contributed by atoms with Crippen LogP contribution in [0, 0.1) is 0 Å². The third-order valence-electron chi connectivity index (χ3n) is 4.52. The van der Waals surface area contributed by atoms with Crippen LogP contribution >= 0.6 is 0 Å². The van der Waals surface area contributed by atoms with Crippen molar-refractivity contribution in [2.45, 2.75) is 25.4 Å². The normalized spacial score (nSPS) is 17.6. The Morgan fingerprint density at radius 3 is 3.00 bits per heavy atom. The summed E-state index contributed by atoms with van der Waals surface area (Å²) in [6.45, 7) is 1.41. The standard InChI is InChI=1S/C18H16N6O3/c1-2-8-19-12(5-1)16-20-17(27-23-16)13-6-3-9-24(13)11-15-21-22-18(26-15)14-7-4-10-25-14/h1-2,4-5,7-8,10,13H,3,6,9,11H2/t13-/m1/s1. The van der Waals surface area contributed by atoms with Crippen molar-refractivity contribution in [2.24, 2.45) is 0 Å². The zero-order valence-electron chi connectivity index (χ0n) is 14.4. The molecule has 9 nitrogen and oxygen atoms in total. The van der Waals surface area contributed by atoms with Crippen LogP contribution in [0.5, 0.6) is 0 Å². The molecule has 4 aromatic heterocycles. The molecular weight excluding hydrogens is 348 g/mol. The van der Waals surface area contributed by atoms with E-state index in [1.165, 1.54) is 0 Å². The molecule has 5 heterocycles. The molecule has 0 bridgehead atoms. The summed E-state index contributed by atoms with van der Waals surface area (Å²) >= 11 is 0. The lowest BCUT2D eigenvalue weighted by molar-refractivity contribution is 0.186. The van der Waals surface area contributed by atoms with Gasteiger partial charge in [0.05, 0.1) is 18.8 Å². The summed E-state index contributed by atoms with van der Waals surface area (Å²) in [7, 11) is 0. The molecule has 1 aliphatic heterocycles. The van der Waals surface area contributed by atoms with Crippen molar-refractivity contribution in [1.29, 1.82) is 0 Å². The molecule has 5 rings (SSSR count). The second-order valence-corrected chi connectivity index (χ2v) is 6.28. The summed E-state index contributed by atoms with van der Waals surface area (Å²) in [5.74, 6) is 2.54. The fraction of sp³-hybridized carbons (Fsp3) is 0.278. The minimum atomic E-state index is 0.0222. The number of likely N-dealkylation sites (tertiary alicyclic amines) is 1. The molecule has 0 radical (unpaired) electrons. The predicted octanol–water partition coefficient (Wildman–Crippen LogP) is 3.11. The van der Waals surface area contributed by atoms with Gasteiger partial charge in [-0.05, 0) is 43.7 Å². The van der Waals surface area contributed by atoms with Gasteiger partial charge in [-0.15, -0.1) is 10.2 Å². The van der Waals surface area contributed by atoms with Crippen LogP contribution in [0.3, 0.4) is 0 Å². The molecule has 0 spiro atoms. The maximum absolute atomic E-state index is 5.71. The molecule has 0 saturated carbocycles. The van der Waals surface area contributed by atoms with Gasteiger partial charge in [-0.3, -0.25) is 9.88 Å². The minimum absolute atomic E-state index is 0.0222. The second kappa shape index (κ2) is 6.76. The maximum atomic E-state index is 5.71. The van der Waals surface area contributed by atoms with Crippen molar-refractivity contribution >= 4 is 0 Å². The van der Waals surface area contributed by atoms with Crippen molar-refractivity contribution < 1.29 is 13.4 Å². The third-order valence-corrected chi connectivity index (χ3v) is 4.52. The van der Waals surface area contributed by atoms with Gasteiger partial charge < -0.3 is 13.4 Å². The van der Waals surface area contributed by atoms with Gasteiger partial charge >= 0.3 is 0 Å². The van der Waals surface area contributed by atoms with E-state index < -0.39 is 0 Å². The topological polar surface area (TPSA) is 107 Å². The Labute approximate surface area is 154 Å². The molecule has 0 N–H and O–H groups in total. The van der Waals surface area contributed by atoms with Crippen molar-refractivity contribution in [2.75, 3.05) is 6.54 Å². The zero-order chi connectivity index (χ0) is 18.1. The van der Waals surface area contributed by atoms with E-state index in [0.29, 0.717) is 41.5 Å². The van der Waals surface area contributed by atoms with E-state index in [1.807, 2.05) is 18.2 Å². The van der Waals surface area contributed by atoms with Crippen molar-refractivity contribution in [3.63, 3.8) is 0 Å². The largest absolute Gasteiger partial charge is 0.459 e. The number of rotatable bonds is 5. The first-order valence-corrected chi connectivity index (χ1v) is 8.72. The third kappa shape index (κ3) is 3.13. The molecule has 1 aliphatic rings. The van der Waals surface area contributed by atoms with E-state index in [1.54, 1.807) is 24.6 Å². The zero-order valence-corrected chi connectivity index (χ0v) is 14.4. The Kier molecular flexibility index (Phi) is 3.98. The van der Waals surface area contributed by atoms with Crippen LogP contribution in [0.25, 0.3) is 23.2 Å². The number of hydrogen-bond donors (Lipinski definition) is 0. The minimum Gasteiger partial charge on any atom is -0.459 e. The Morgan fingerprint density at radius 2 is 2.15 bits per heavy atom. The fourth-order valence-electron chi connectivity index (χ4n) is 3.26. The smallest absolute Gasteiger partial charge is 0.283 e. The first-order chi connectivity index (χ1) is 13.4. The molecule has 9 heteroatoms. The SMILES string of the molecule is c1ccc(-c2noc([C@H]3CCCN3Cc3nnc(-c4ccco4)o3)n2)nc1. The highest BCUT2D eigenvalue weighted by molar-refractivity contribution is 5.47. The van der Waals surface area contributed by atoms with Gasteiger partial charge in [0.15, 0.2) is 5.76 Å². The molecule has 4 aromatic rings. The first-order valence-electron chi connectivity index (χ1n) is 8.72. The van der Waals surface area contributed by atoms with E-state index in [0.717, 1.165) is 19.4 Å². The highest BCUT2D eigenvalue weighted by atomic mass is 16.5. The van der Waals surface area contributed by atoms with Crippen LogP contribution < -0.4 is 0 Å². The van der Waals surface area contributed by atoms with Gasteiger partial charge in [-0.1, -0.05) is 11.2 Å². The molecule has 0 amide bonds. The van der Waals surface area contributed by atoms with E-state index in [4.69, 9.17) is 13.4 Å². The lowest BCUT2D eigenvalue weighted by Gasteiger charge is -2.18. The van der Waals surface area contributed by atoms with Gasteiger partial charge in [0, 0.05) is 6.20 Å². The quantitative estimate of drug-likeness (QED) is 0.528.